The van der Waals surface area contributed by atoms with E-state index in [1.165, 1.54) is 41.7 Å². The molecule has 1 aromatic heterocycles. The molecule has 0 saturated carbocycles. The van der Waals surface area contributed by atoms with Gasteiger partial charge < -0.3 is 10.4 Å². The van der Waals surface area contributed by atoms with Gasteiger partial charge >= 0.3 is 5.97 Å². The van der Waals surface area contributed by atoms with Crippen molar-refractivity contribution in [3.8, 4) is 0 Å². The van der Waals surface area contributed by atoms with Gasteiger partial charge in [0.05, 0.1) is 17.4 Å². The topological polar surface area (TPSA) is 62.2 Å². The highest BCUT2D eigenvalue weighted by Crippen LogP contribution is 2.34. The van der Waals surface area contributed by atoms with Crippen LogP contribution >= 0.6 is 11.8 Å². The van der Waals surface area contributed by atoms with Gasteiger partial charge in [0.15, 0.2) is 0 Å². The number of carboxylic acid groups (broad SMARTS) is 1. The summed E-state index contributed by atoms with van der Waals surface area (Å²) >= 11 is 1.61. The Morgan fingerprint density at radius 1 is 1.14 bits per heavy atom. The molecule has 0 aliphatic heterocycles. The lowest BCUT2D eigenvalue weighted by Crippen LogP contribution is -2.12. The van der Waals surface area contributed by atoms with E-state index >= 15 is 0 Å². The molecule has 2 N–H and O–H groups in total. The van der Waals surface area contributed by atoms with E-state index < -0.39 is 5.97 Å². The molecular formula is C23H19FN2O2S. The minimum Gasteiger partial charge on any atom is -0.478 e. The fourth-order valence-corrected chi connectivity index (χ4v) is 4.27. The molecule has 3 aromatic rings. The van der Waals surface area contributed by atoms with Crippen LogP contribution in [0.1, 0.15) is 27.9 Å². The Labute approximate surface area is 172 Å². The average Bonchev–Trinajstić information content (AvgIpc) is 2.74. The Morgan fingerprint density at radius 3 is 2.72 bits per heavy atom. The maximum absolute atomic E-state index is 13.1. The van der Waals surface area contributed by atoms with E-state index in [4.69, 9.17) is 0 Å². The van der Waals surface area contributed by atoms with Gasteiger partial charge in [0, 0.05) is 22.5 Å². The van der Waals surface area contributed by atoms with E-state index in [1.807, 2.05) is 0 Å². The Bertz CT molecular complexity index is 1080. The summed E-state index contributed by atoms with van der Waals surface area (Å²) in [6.07, 6.45) is 7.11. The van der Waals surface area contributed by atoms with Crippen molar-refractivity contribution >= 4 is 29.0 Å². The van der Waals surface area contributed by atoms with Crippen molar-refractivity contribution in [1.29, 1.82) is 0 Å². The molecule has 1 aliphatic carbocycles. The Balaban J connectivity index is 1.50. The number of rotatable bonds is 6. The lowest BCUT2D eigenvalue weighted by atomic mass is 9.91. The van der Waals surface area contributed by atoms with Gasteiger partial charge in [0.25, 0.3) is 0 Å². The van der Waals surface area contributed by atoms with Crippen LogP contribution in [0.25, 0.3) is 5.57 Å². The van der Waals surface area contributed by atoms with Crippen LogP contribution in [0.2, 0.25) is 0 Å². The predicted octanol–water partition coefficient (Wildman–Crippen LogP) is 5.51. The Morgan fingerprint density at radius 2 is 1.93 bits per heavy atom. The molecule has 4 rings (SSSR count). The first kappa shape index (κ1) is 19.2. The number of aromatic nitrogens is 1. The summed E-state index contributed by atoms with van der Waals surface area (Å²) in [5.74, 6) is -1.21. The highest BCUT2D eigenvalue weighted by Gasteiger charge is 2.15. The average molecular weight is 406 g/mol. The zero-order valence-corrected chi connectivity index (χ0v) is 16.4. The first-order valence-corrected chi connectivity index (χ1v) is 10.1. The van der Waals surface area contributed by atoms with Gasteiger partial charge in [-0.3, -0.25) is 4.98 Å². The molecule has 0 saturated heterocycles. The van der Waals surface area contributed by atoms with Crippen LogP contribution in [0.5, 0.6) is 0 Å². The molecule has 0 amide bonds. The summed E-state index contributed by atoms with van der Waals surface area (Å²) in [7, 11) is 0. The molecule has 2 aromatic carbocycles. The molecule has 146 valence electrons. The number of halogens is 1. The molecule has 1 heterocycles. The van der Waals surface area contributed by atoms with Crippen LogP contribution in [0.4, 0.5) is 10.1 Å². The summed E-state index contributed by atoms with van der Waals surface area (Å²) < 4.78 is 13.1. The maximum atomic E-state index is 13.1. The number of aromatic carboxylic acids is 1. The quantitative estimate of drug-likeness (QED) is 0.565. The number of fused-ring (bicyclic) bond motifs is 1. The Kier molecular flexibility index (Phi) is 5.62. The smallest absolute Gasteiger partial charge is 0.337 e. The molecule has 0 bridgehead atoms. The van der Waals surface area contributed by atoms with Crippen molar-refractivity contribution in [3.63, 3.8) is 0 Å². The van der Waals surface area contributed by atoms with Crippen molar-refractivity contribution in [2.45, 2.75) is 22.6 Å². The molecule has 6 heteroatoms. The second kappa shape index (κ2) is 8.49. The van der Waals surface area contributed by atoms with Crippen LogP contribution in [0.15, 0.2) is 76.8 Å². The molecule has 1 aliphatic rings. The maximum Gasteiger partial charge on any atom is 0.337 e. The SMILES string of the molecule is O=C(O)c1ccncc1NCC1=CCCc2cc(Sc3ccc(F)cc3)ccc21. The van der Waals surface area contributed by atoms with Crippen molar-refractivity contribution in [2.24, 2.45) is 0 Å². The van der Waals surface area contributed by atoms with E-state index in [9.17, 15) is 14.3 Å². The number of allylic oxidation sites excluding steroid dienone is 1. The third-order valence-corrected chi connectivity index (χ3v) is 5.79. The number of nitrogens with one attached hydrogen (secondary N) is 1. The van der Waals surface area contributed by atoms with Gasteiger partial charge in [0.1, 0.15) is 5.82 Å². The van der Waals surface area contributed by atoms with Crippen LogP contribution in [-0.4, -0.2) is 22.6 Å². The van der Waals surface area contributed by atoms with Gasteiger partial charge in [-0.25, -0.2) is 9.18 Å². The van der Waals surface area contributed by atoms with E-state index in [0.717, 1.165) is 28.2 Å². The van der Waals surface area contributed by atoms with Crippen LogP contribution in [0, 0.1) is 5.82 Å². The largest absolute Gasteiger partial charge is 0.478 e. The molecule has 0 unspecified atom stereocenters. The van der Waals surface area contributed by atoms with E-state index in [-0.39, 0.29) is 11.4 Å². The lowest BCUT2D eigenvalue weighted by molar-refractivity contribution is 0.0698. The summed E-state index contributed by atoms with van der Waals surface area (Å²) in [5.41, 5.74) is 4.30. The zero-order valence-electron chi connectivity index (χ0n) is 15.6. The van der Waals surface area contributed by atoms with Crippen molar-refractivity contribution in [2.75, 3.05) is 11.9 Å². The summed E-state index contributed by atoms with van der Waals surface area (Å²) in [6, 6.07) is 14.4. The number of pyridine rings is 1. The summed E-state index contributed by atoms with van der Waals surface area (Å²) in [5, 5.41) is 12.5. The number of hydrogen-bond donors (Lipinski definition) is 2. The number of carbonyl (C=O) groups is 1. The van der Waals surface area contributed by atoms with Gasteiger partial charge in [-0.05, 0) is 72.0 Å². The second-order valence-corrected chi connectivity index (χ2v) is 7.87. The number of carboxylic acids is 1. The lowest BCUT2D eigenvalue weighted by Gasteiger charge is -2.20. The standard InChI is InChI=1S/C23H19FN2O2S/c24-17-4-6-18(7-5-17)29-19-8-9-20-15(12-19)2-1-3-16(20)13-26-22-14-25-11-10-21(22)23(27)28/h3-12,14,26H,1-2,13H2,(H,27,28). The predicted molar refractivity (Wildman–Crippen MR) is 113 cm³/mol. The number of benzene rings is 2. The van der Waals surface area contributed by atoms with Gasteiger partial charge in [-0.2, -0.15) is 0 Å². The highest BCUT2D eigenvalue weighted by atomic mass is 32.2. The zero-order chi connectivity index (χ0) is 20.2. The number of hydrogen-bond acceptors (Lipinski definition) is 4. The molecule has 0 radical (unpaired) electrons. The van der Waals surface area contributed by atoms with E-state index in [1.54, 1.807) is 23.9 Å². The highest BCUT2D eigenvalue weighted by molar-refractivity contribution is 7.99. The van der Waals surface area contributed by atoms with Crippen LogP contribution in [0.3, 0.4) is 0 Å². The van der Waals surface area contributed by atoms with E-state index in [2.05, 4.69) is 34.6 Å². The number of nitrogens with zero attached hydrogens (tertiary/aromatic N) is 1. The third kappa shape index (κ3) is 4.49. The monoisotopic (exact) mass is 406 g/mol. The van der Waals surface area contributed by atoms with Crippen molar-refractivity contribution < 1.29 is 14.3 Å². The van der Waals surface area contributed by atoms with Gasteiger partial charge in [0.2, 0.25) is 0 Å². The first-order chi connectivity index (χ1) is 14.1. The van der Waals surface area contributed by atoms with Gasteiger partial charge in [-0.15, -0.1) is 0 Å². The van der Waals surface area contributed by atoms with Crippen LogP contribution < -0.4 is 5.32 Å². The molecule has 0 atom stereocenters. The summed E-state index contributed by atoms with van der Waals surface area (Å²) in [4.78, 5) is 17.5. The van der Waals surface area contributed by atoms with E-state index in [0.29, 0.717) is 12.2 Å². The fraction of sp³-hybridized carbons (Fsp3) is 0.130. The first-order valence-electron chi connectivity index (χ1n) is 9.27. The minimum absolute atomic E-state index is 0.211. The fourth-order valence-electron chi connectivity index (χ4n) is 3.38. The molecule has 0 fully saturated rings. The molecule has 0 spiro atoms. The minimum atomic E-state index is -0.976. The van der Waals surface area contributed by atoms with Crippen molar-refractivity contribution in [1.82, 2.24) is 4.98 Å². The van der Waals surface area contributed by atoms with Crippen LogP contribution in [-0.2, 0) is 6.42 Å². The number of anilines is 1. The molecule has 4 nitrogen and oxygen atoms in total. The normalized spacial score (nSPS) is 12.8. The Hall–Kier alpha value is -3.12. The number of aryl methyl sites for hydroxylation is 1. The third-order valence-electron chi connectivity index (χ3n) is 4.80. The summed E-state index contributed by atoms with van der Waals surface area (Å²) in [6.45, 7) is 0.531. The molecule has 29 heavy (non-hydrogen) atoms. The van der Waals surface area contributed by atoms with Gasteiger partial charge in [-0.1, -0.05) is 23.9 Å². The second-order valence-electron chi connectivity index (χ2n) is 6.72. The van der Waals surface area contributed by atoms with Crippen molar-refractivity contribution in [3.05, 3.63) is 89.5 Å². The molecular weight excluding hydrogens is 387 g/mol.